The predicted octanol–water partition coefficient (Wildman–Crippen LogP) is 2.14. The maximum absolute atomic E-state index is 5.88. The molecule has 70 valence electrons. The van der Waals surface area contributed by atoms with Crippen molar-refractivity contribution in [2.75, 3.05) is 26.2 Å². The standard InChI is InChI=1S/C9H24NP/c1-9(2,10)7-6-8-11(3,4)5/h11H,6-8,10H2,1-5H3. The Balaban J connectivity index is 3.44. The van der Waals surface area contributed by atoms with Crippen LogP contribution in [0.15, 0.2) is 0 Å². The van der Waals surface area contributed by atoms with Crippen molar-refractivity contribution in [2.45, 2.75) is 32.2 Å². The maximum atomic E-state index is 5.88. The molecule has 0 aliphatic carbocycles. The quantitative estimate of drug-likeness (QED) is 0.654. The van der Waals surface area contributed by atoms with Crippen LogP contribution in [0.3, 0.4) is 0 Å². The van der Waals surface area contributed by atoms with Gasteiger partial charge < -0.3 is 0 Å². The summed E-state index contributed by atoms with van der Waals surface area (Å²) in [6.45, 7) is 11.5. The van der Waals surface area contributed by atoms with Crippen LogP contribution in [0.2, 0.25) is 0 Å². The van der Waals surface area contributed by atoms with Crippen molar-refractivity contribution in [1.29, 1.82) is 0 Å². The van der Waals surface area contributed by atoms with Gasteiger partial charge in [0.05, 0.1) is 0 Å². The van der Waals surface area contributed by atoms with E-state index in [-0.39, 0.29) is 5.54 Å². The van der Waals surface area contributed by atoms with Crippen molar-refractivity contribution >= 4 is 7.26 Å². The third-order valence-corrected chi connectivity index (χ3v) is 3.60. The zero-order valence-electron chi connectivity index (χ0n) is 8.70. The molecule has 0 saturated carbocycles. The van der Waals surface area contributed by atoms with Crippen LogP contribution in [-0.4, -0.2) is 31.7 Å². The van der Waals surface area contributed by atoms with Crippen molar-refractivity contribution in [3.8, 4) is 0 Å². The monoisotopic (exact) mass is 177 g/mol. The average Bonchev–Trinajstić information content (AvgIpc) is 1.55. The molecule has 11 heavy (non-hydrogen) atoms. The summed E-state index contributed by atoms with van der Waals surface area (Å²) < 4.78 is 0. The van der Waals surface area contributed by atoms with E-state index < -0.39 is 7.26 Å². The summed E-state index contributed by atoms with van der Waals surface area (Å²) in [4.78, 5) is 0. The number of hydrogen-bond acceptors (Lipinski definition) is 1. The first kappa shape index (κ1) is 11.4. The predicted molar refractivity (Wildman–Crippen MR) is 58.5 cm³/mol. The van der Waals surface area contributed by atoms with Crippen molar-refractivity contribution in [2.24, 2.45) is 5.73 Å². The summed E-state index contributed by atoms with van der Waals surface area (Å²) in [7, 11) is -0.813. The van der Waals surface area contributed by atoms with E-state index in [1.54, 1.807) is 0 Å². The molecule has 0 fully saturated rings. The Morgan fingerprint density at radius 1 is 1.18 bits per heavy atom. The second-order valence-corrected chi connectivity index (χ2v) is 11.0. The molecule has 0 saturated heterocycles. The molecule has 0 heterocycles. The minimum atomic E-state index is -0.813. The average molecular weight is 177 g/mol. The zero-order chi connectivity index (χ0) is 9.12. The van der Waals surface area contributed by atoms with Crippen molar-refractivity contribution in [1.82, 2.24) is 0 Å². The fourth-order valence-corrected chi connectivity index (χ4v) is 2.31. The molecule has 0 amide bonds. The van der Waals surface area contributed by atoms with Crippen molar-refractivity contribution in [3.05, 3.63) is 0 Å². The Morgan fingerprint density at radius 3 is 1.91 bits per heavy atom. The van der Waals surface area contributed by atoms with Gasteiger partial charge in [-0.1, -0.05) is 0 Å². The van der Waals surface area contributed by atoms with E-state index in [1.807, 2.05) is 0 Å². The van der Waals surface area contributed by atoms with Crippen LogP contribution in [-0.2, 0) is 0 Å². The molecule has 0 aromatic rings. The second kappa shape index (κ2) is 3.87. The Bertz CT molecular complexity index is 93.7. The van der Waals surface area contributed by atoms with E-state index in [0.717, 1.165) is 6.42 Å². The van der Waals surface area contributed by atoms with Gasteiger partial charge >= 0.3 is 71.4 Å². The zero-order valence-corrected chi connectivity index (χ0v) is 9.70. The summed E-state index contributed by atoms with van der Waals surface area (Å²) in [6.07, 6.45) is 3.88. The summed E-state index contributed by atoms with van der Waals surface area (Å²) >= 11 is 0. The molecule has 0 aliphatic rings. The summed E-state index contributed by atoms with van der Waals surface area (Å²) in [5, 5.41) is 0. The Hall–Kier alpha value is 0.390. The molecule has 0 aromatic heterocycles. The molecule has 1 nitrogen and oxygen atoms in total. The molecule has 2 heteroatoms. The van der Waals surface area contributed by atoms with Crippen LogP contribution in [0.1, 0.15) is 26.7 Å². The molecule has 0 bridgehead atoms. The third kappa shape index (κ3) is 10.4. The molecule has 0 rings (SSSR count). The fourth-order valence-electron chi connectivity index (χ4n) is 1.07. The summed E-state index contributed by atoms with van der Waals surface area (Å²) in [5.74, 6) is 0. The number of hydrogen-bond donors (Lipinski definition) is 1. The normalized spacial score (nSPS) is 15.1. The second-order valence-electron chi connectivity index (χ2n) is 5.40. The minimum absolute atomic E-state index is 0.0413. The van der Waals surface area contributed by atoms with Gasteiger partial charge in [0.2, 0.25) is 0 Å². The van der Waals surface area contributed by atoms with Gasteiger partial charge in [-0.3, -0.25) is 0 Å². The third-order valence-electron chi connectivity index (χ3n) is 1.75. The van der Waals surface area contributed by atoms with Crippen LogP contribution < -0.4 is 5.73 Å². The van der Waals surface area contributed by atoms with E-state index in [0.29, 0.717) is 0 Å². The van der Waals surface area contributed by atoms with E-state index in [4.69, 9.17) is 5.73 Å². The molecular weight excluding hydrogens is 153 g/mol. The van der Waals surface area contributed by atoms with Gasteiger partial charge in [0.15, 0.2) is 0 Å². The van der Waals surface area contributed by atoms with Crippen LogP contribution >= 0.6 is 7.26 Å². The molecule has 0 aromatic carbocycles. The molecule has 0 aliphatic heterocycles. The molecule has 0 spiro atoms. The van der Waals surface area contributed by atoms with Gasteiger partial charge in [-0.15, -0.1) is 0 Å². The summed E-state index contributed by atoms with van der Waals surface area (Å²) in [6, 6.07) is 0. The Kier molecular flexibility index (Phi) is 4.00. The van der Waals surface area contributed by atoms with Crippen molar-refractivity contribution < 1.29 is 0 Å². The Morgan fingerprint density at radius 2 is 1.64 bits per heavy atom. The van der Waals surface area contributed by atoms with Gasteiger partial charge in [0.1, 0.15) is 0 Å². The van der Waals surface area contributed by atoms with Crippen LogP contribution in [0.5, 0.6) is 0 Å². The van der Waals surface area contributed by atoms with Gasteiger partial charge in [-0.2, -0.15) is 0 Å². The van der Waals surface area contributed by atoms with Crippen LogP contribution in [0, 0.1) is 0 Å². The van der Waals surface area contributed by atoms with Crippen molar-refractivity contribution in [3.63, 3.8) is 0 Å². The topological polar surface area (TPSA) is 26.0 Å². The van der Waals surface area contributed by atoms with Gasteiger partial charge in [-0.25, -0.2) is 0 Å². The number of nitrogens with two attached hydrogens (primary N) is 1. The summed E-state index contributed by atoms with van der Waals surface area (Å²) in [5.41, 5.74) is 5.92. The molecule has 2 N–H and O–H groups in total. The molecular formula is C9H24NP. The Labute approximate surface area is 72.1 Å². The van der Waals surface area contributed by atoms with Crippen LogP contribution in [0.4, 0.5) is 0 Å². The van der Waals surface area contributed by atoms with Gasteiger partial charge in [-0.05, 0) is 0 Å². The fraction of sp³-hybridized carbons (Fsp3) is 1.00. The van der Waals surface area contributed by atoms with E-state index >= 15 is 0 Å². The SMILES string of the molecule is CC(C)(N)CCC[PH](C)(C)C. The van der Waals surface area contributed by atoms with Gasteiger partial charge in [0.25, 0.3) is 0 Å². The molecule has 0 radical (unpaired) electrons. The van der Waals surface area contributed by atoms with E-state index in [2.05, 4.69) is 33.8 Å². The van der Waals surface area contributed by atoms with Gasteiger partial charge in [0, 0.05) is 0 Å². The first-order chi connectivity index (χ1) is 4.71. The van der Waals surface area contributed by atoms with Crippen LogP contribution in [0.25, 0.3) is 0 Å². The molecule has 0 unspecified atom stereocenters. The first-order valence-corrected chi connectivity index (χ1v) is 8.20. The number of rotatable bonds is 4. The van der Waals surface area contributed by atoms with E-state index in [1.165, 1.54) is 12.6 Å². The first-order valence-electron chi connectivity index (χ1n) is 4.50. The van der Waals surface area contributed by atoms with E-state index in [9.17, 15) is 0 Å². The molecule has 0 atom stereocenters.